The molecule has 9 nitrogen and oxygen atoms in total. The van der Waals surface area contributed by atoms with Crippen molar-refractivity contribution in [2.45, 2.75) is 24.6 Å². The number of ether oxygens (including phenoxy) is 5. The molecule has 1 aliphatic rings. The lowest BCUT2D eigenvalue weighted by molar-refractivity contribution is -0.141. The molecule has 9 heteroatoms. The van der Waals surface area contributed by atoms with Gasteiger partial charge in [-0.1, -0.05) is 72.8 Å². The fourth-order valence-electron chi connectivity index (χ4n) is 4.28. The Labute approximate surface area is 241 Å². The van der Waals surface area contributed by atoms with Crippen molar-refractivity contribution in [2.24, 2.45) is 0 Å². The maximum Gasteiger partial charge on any atom is 0.340 e. The smallest absolute Gasteiger partial charge is 0.340 e. The van der Waals surface area contributed by atoms with Crippen molar-refractivity contribution in [1.29, 1.82) is 0 Å². The lowest BCUT2D eigenvalue weighted by Crippen LogP contribution is -2.42. The third kappa shape index (κ3) is 6.89. The predicted molar refractivity (Wildman–Crippen MR) is 149 cm³/mol. The van der Waals surface area contributed by atoms with Gasteiger partial charge in [0.1, 0.15) is 12.7 Å². The molecule has 0 aromatic heterocycles. The second kappa shape index (κ2) is 13.4. The molecule has 0 radical (unpaired) electrons. The van der Waals surface area contributed by atoms with Crippen LogP contribution in [-0.2, 0) is 23.7 Å². The van der Waals surface area contributed by atoms with Gasteiger partial charge in [0.2, 0.25) is 12.4 Å². The second-order valence-corrected chi connectivity index (χ2v) is 9.25. The predicted octanol–water partition coefficient (Wildman–Crippen LogP) is 4.88. The van der Waals surface area contributed by atoms with Crippen LogP contribution in [0.2, 0.25) is 0 Å². The average Bonchev–Trinajstić information content (AvgIpc) is 3.35. The van der Waals surface area contributed by atoms with Crippen LogP contribution in [0.15, 0.2) is 121 Å². The third-order valence-corrected chi connectivity index (χ3v) is 6.39. The fraction of sp³-hybridized carbons (Fsp3) is 0.152. The van der Waals surface area contributed by atoms with Gasteiger partial charge in [-0.2, -0.15) is 0 Å². The molecule has 0 amide bonds. The summed E-state index contributed by atoms with van der Waals surface area (Å²) in [5.41, 5.74) is 0.978. The molecule has 1 saturated heterocycles. The van der Waals surface area contributed by atoms with Crippen LogP contribution < -0.4 is 0 Å². The van der Waals surface area contributed by atoms with Crippen molar-refractivity contribution >= 4 is 23.9 Å². The Morgan fingerprint density at radius 2 is 0.833 bits per heavy atom. The maximum atomic E-state index is 13.1. The number of benzene rings is 4. The SMILES string of the molecule is O=C(OCC1O[C@@H](OC(=O)c2ccccc2)[C@H](OC(=O)c2ccccc2)[C@@H]1OC(=O)c1ccccc1)c1ccccc1. The average molecular weight is 567 g/mol. The van der Waals surface area contributed by atoms with Crippen molar-refractivity contribution < 1.29 is 42.9 Å². The Hall–Kier alpha value is -5.28. The zero-order valence-corrected chi connectivity index (χ0v) is 22.2. The quantitative estimate of drug-likeness (QED) is 0.207. The van der Waals surface area contributed by atoms with Crippen LogP contribution in [0.1, 0.15) is 41.4 Å². The first-order chi connectivity index (χ1) is 20.5. The molecular formula is C33H26O9. The highest BCUT2D eigenvalue weighted by Gasteiger charge is 2.52. The summed E-state index contributed by atoms with van der Waals surface area (Å²) in [6, 6.07) is 32.8. The molecule has 4 aromatic rings. The van der Waals surface area contributed by atoms with Crippen molar-refractivity contribution in [2.75, 3.05) is 6.61 Å². The summed E-state index contributed by atoms with van der Waals surface area (Å²) in [7, 11) is 0. The second-order valence-electron chi connectivity index (χ2n) is 9.25. The minimum absolute atomic E-state index is 0.220. The third-order valence-electron chi connectivity index (χ3n) is 6.39. The molecule has 0 N–H and O–H groups in total. The van der Waals surface area contributed by atoms with E-state index in [1.807, 2.05) is 0 Å². The van der Waals surface area contributed by atoms with Gasteiger partial charge >= 0.3 is 23.9 Å². The molecule has 1 fully saturated rings. The van der Waals surface area contributed by atoms with E-state index >= 15 is 0 Å². The number of carbonyl (C=O) groups is 4. The zero-order chi connectivity index (χ0) is 29.3. The molecule has 1 unspecified atom stereocenters. The maximum absolute atomic E-state index is 13.1. The van der Waals surface area contributed by atoms with Gasteiger partial charge in [0.25, 0.3) is 0 Å². The summed E-state index contributed by atoms with van der Waals surface area (Å²) >= 11 is 0. The summed E-state index contributed by atoms with van der Waals surface area (Å²) < 4.78 is 28.6. The van der Waals surface area contributed by atoms with Crippen LogP contribution in [0, 0.1) is 0 Å². The molecule has 212 valence electrons. The largest absolute Gasteiger partial charge is 0.459 e. The van der Waals surface area contributed by atoms with Crippen LogP contribution in [0.25, 0.3) is 0 Å². The molecule has 0 spiro atoms. The van der Waals surface area contributed by atoms with Crippen LogP contribution in [-0.4, -0.2) is 55.1 Å². The van der Waals surface area contributed by atoms with Crippen LogP contribution in [0.3, 0.4) is 0 Å². The minimum atomic E-state index is -1.49. The highest BCUT2D eigenvalue weighted by molar-refractivity contribution is 5.91. The number of carbonyl (C=O) groups excluding carboxylic acids is 4. The molecule has 0 saturated carbocycles. The van der Waals surface area contributed by atoms with Crippen molar-refractivity contribution in [3.05, 3.63) is 144 Å². The van der Waals surface area contributed by atoms with Gasteiger partial charge in [0, 0.05) is 0 Å². The van der Waals surface area contributed by atoms with E-state index in [9.17, 15) is 19.2 Å². The first kappa shape index (κ1) is 28.3. The van der Waals surface area contributed by atoms with Crippen LogP contribution >= 0.6 is 0 Å². The van der Waals surface area contributed by atoms with E-state index in [1.165, 1.54) is 0 Å². The summed E-state index contributed by atoms with van der Waals surface area (Å²) in [5, 5.41) is 0. The number of rotatable bonds is 9. The van der Waals surface area contributed by atoms with Gasteiger partial charge in [-0.05, 0) is 48.5 Å². The summed E-state index contributed by atoms with van der Waals surface area (Å²) in [4.78, 5) is 51.9. The van der Waals surface area contributed by atoms with Gasteiger partial charge < -0.3 is 23.7 Å². The molecule has 4 atom stereocenters. The standard InChI is InChI=1S/C33H26O9/c34-29(22-13-5-1-6-14-22)38-21-26-27(40-30(35)23-15-7-2-8-16-23)28(41-31(36)24-17-9-3-10-18-24)33(39-26)42-32(37)25-19-11-4-12-20-25/h1-20,26-28,33H,21H2/t26?,27-,28-,33+/m1/s1. The summed E-state index contributed by atoms with van der Waals surface area (Å²) in [6.07, 6.45) is -5.33. The van der Waals surface area contributed by atoms with E-state index in [0.717, 1.165) is 0 Å². The first-order valence-corrected chi connectivity index (χ1v) is 13.2. The van der Waals surface area contributed by atoms with Crippen LogP contribution in [0.5, 0.6) is 0 Å². The molecular weight excluding hydrogens is 540 g/mol. The molecule has 5 rings (SSSR count). The lowest BCUT2D eigenvalue weighted by Gasteiger charge is -2.24. The highest BCUT2D eigenvalue weighted by atomic mass is 16.8. The van der Waals surface area contributed by atoms with E-state index < -0.39 is 48.5 Å². The zero-order valence-electron chi connectivity index (χ0n) is 22.2. The van der Waals surface area contributed by atoms with Gasteiger partial charge in [0.05, 0.1) is 22.3 Å². The van der Waals surface area contributed by atoms with E-state index in [-0.39, 0.29) is 23.3 Å². The molecule has 0 aliphatic carbocycles. The van der Waals surface area contributed by atoms with E-state index in [1.54, 1.807) is 121 Å². The fourth-order valence-corrected chi connectivity index (χ4v) is 4.28. The van der Waals surface area contributed by atoms with E-state index in [2.05, 4.69) is 0 Å². The van der Waals surface area contributed by atoms with Crippen molar-refractivity contribution in [3.63, 3.8) is 0 Å². The molecule has 42 heavy (non-hydrogen) atoms. The Balaban J connectivity index is 1.43. The van der Waals surface area contributed by atoms with Crippen LogP contribution in [0.4, 0.5) is 0 Å². The Bertz CT molecular complexity index is 1510. The van der Waals surface area contributed by atoms with Gasteiger partial charge in [-0.15, -0.1) is 0 Å². The van der Waals surface area contributed by atoms with Gasteiger partial charge in [0.15, 0.2) is 6.10 Å². The van der Waals surface area contributed by atoms with Crippen molar-refractivity contribution in [1.82, 2.24) is 0 Å². The van der Waals surface area contributed by atoms with Crippen molar-refractivity contribution in [3.8, 4) is 0 Å². The summed E-state index contributed by atoms with van der Waals surface area (Å²) in [6.45, 7) is -0.390. The topological polar surface area (TPSA) is 114 Å². The Kier molecular flexibility index (Phi) is 9.00. The minimum Gasteiger partial charge on any atom is -0.459 e. The van der Waals surface area contributed by atoms with E-state index in [4.69, 9.17) is 23.7 Å². The Morgan fingerprint density at radius 3 is 1.26 bits per heavy atom. The molecule has 1 aliphatic heterocycles. The highest BCUT2D eigenvalue weighted by Crippen LogP contribution is 2.30. The van der Waals surface area contributed by atoms with E-state index in [0.29, 0.717) is 5.56 Å². The molecule has 0 bridgehead atoms. The first-order valence-electron chi connectivity index (χ1n) is 13.2. The number of hydrogen-bond donors (Lipinski definition) is 0. The normalized spacial score (nSPS) is 19.3. The number of hydrogen-bond acceptors (Lipinski definition) is 9. The lowest BCUT2D eigenvalue weighted by atomic mass is 10.1. The number of esters is 4. The van der Waals surface area contributed by atoms with Gasteiger partial charge in [-0.25, -0.2) is 19.2 Å². The summed E-state index contributed by atoms with van der Waals surface area (Å²) in [5.74, 6) is -2.89. The Morgan fingerprint density at radius 1 is 0.476 bits per heavy atom. The monoisotopic (exact) mass is 566 g/mol. The molecule has 1 heterocycles. The van der Waals surface area contributed by atoms with Gasteiger partial charge in [-0.3, -0.25) is 0 Å². The molecule has 4 aromatic carbocycles.